The molecule has 0 spiro atoms. The molecule has 23 heavy (non-hydrogen) atoms. The van der Waals surface area contributed by atoms with Crippen molar-refractivity contribution in [3.8, 4) is 5.88 Å². The van der Waals surface area contributed by atoms with Gasteiger partial charge < -0.3 is 15.0 Å². The standard InChI is InChI=1S/C13H9F4N5O/c1-23-11-10(18-7-4-2-3-6(14)5-7)19-8-9(20-11)22-12(21-8)13(15,16)17/h2-5H,1H3,(H2,18,19,20,21,22). The first-order valence-electron chi connectivity index (χ1n) is 6.28. The first kappa shape index (κ1) is 15.0. The van der Waals surface area contributed by atoms with Gasteiger partial charge in [0.25, 0.3) is 5.88 Å². The first-order chi connectivity index (χ1) is 10.9. The maximum Gasteiger partial charge on any atom is 0.449 e. The van der Waals surface area contributed by atoms with Gasteiger partial charge in [0.1, 0.15) is 5.82 Å². The van der Waals surface area contributed by atoms with Crippen LogP contribution in [0.2, 0.25) is 0 Å². The van der Waals surface area contributed by atoms with Crippen LogP contribution in [0.25, 0.3) is 11.3 Å². The molecule has 3 rings (SSSR count). The Kier molecular flexibility index (Phi) is 3.51. The number of aromatic amines is 1. The van der Waals surface area contributed by atoms with E-state index in [0.717, 1.165) is 0 Å². The van der Waals surface area contributed by atoms with E-state index in [2.05, 4.69) is 20.3 Å². The summed E-state index contributed by atoms with van der Waals surface area (Å²) in [6.45, 7) is 0. The minimum atomic E-state index is -4.65. The van der Waals surface area contributed by atoms with E-state index in [4.69, 9.17) is 4.74 Å². The molecule has 0 bridgehead atoms. The molecule has 2 N–H and O–H groups in total. The fourth-order valence-corrected chi connectivity index (χ4v) is 1.88. The Morgan fingerprint density at radius 2 is 1.96 bits per heavy atom. The SMILES string of the molecule is COc1nc2[nH]c(C(F)(F)F)nc2nc1Nc1cccc(F)c1. The van der Waals surface area contributed by atoms with Crippen molar-refractivity contribution in [2.75, 3.05) is 12.4 Å². The molecule has 0 atom stereocenters. The zero-order chi connectivity index (χ0) is 16.6. The highest BCUT2D eigenvalue weighted by molar-refractivity contribution is 5.72. The number of methoxy groups -OCH3 is 1. The van der Waals surface area contributed by atoms with Crippen molar-refractivity contribution < 1.29 is 22.3 Å². The molecule has 0 saturated heterocycles. The van der Waals surface area contributed by atoms with Crippen molar-refractivity contribution in [1.29, 1.82) is 0 Å². The Morgan fingerprint density at radius 3 is 2.61 bits per heavy atom. The fourth-order valence-electron chi connectivity index (χ4n) is 1.88. The number of alkyl halides is 3. The Bertz CT molecular complexity index is 861. The number of halogens is 4. The van der Waals surface area contributed by atoms with Gasteiger partial charge in [-0.1, -0.05) is 6.07 Å². The summed E-state index contributed by atoms with van der Waals surface area (Å²) >= 11 is 0. The number of imidazole rings is 1. The van der Waals surface area contributed by atoms with Gasteiger partial charge in [-0.25, -0.2) is 14.4 Å². The molecular weight excluding hydrogens is 318 g/mol. The average Bonchev–Trinajstić information content (AvgIpc) is 2.89. The lowest BCUT2D eigenvalue weighted by atomic mass is 10.3. The van der Waals surface area contributed by atoms with E-state index in [1.54, 1.807) is 6.07 Å². The van der Waals surface area contributed by atoms with Crippen LogP contribution in [0.4, 0.5) is 29.1 Å². The molecule has 0 aliphatic rings. The van der Waals surface area contributed by atoms with Gasteiger partial charge in [0, 0.05) is 5.69 Å². The van der Waals surface area contributed by atoms with E-state index in [9.17, 15) is 17.6 Å². The molecule has 3 aromatic rings. The summed E-state index contributed by atoms with van der Waals surface area (Å²) in [5.74, 6) is -1.73. The van der Waals surface area contributed by atoms with E-state index in [1.807, 2.05) is 4.98 Å². The van der Waals surface area contributed by atoms with Crippen LogP contribution >= 0.6 is 0 Å². The van der Waals surface area contributed by atoms with Gasteiger partial charge in [0.05, 0.1) is 7.11 Å². The van der Waals surface area contributed by atoms with Crippen LogP contribution in [-0.2, 0) is 6.18 Å². The molecule has 2 heterocycles. The van der Waals surface area contributed by atoms with E-state index in [1.165, 1.54) is 25.3 Å². The van der Waals surface area contributed by atoms with E-state index in [-0.39, 0.29) is 23.0 Å². The molecule has 2 aromatic heterocycles. The number of nitrogens with one attached hydrogen (secondary N) is 2. The molecule has 0 radical (unpaired) electrons. The first-order valence-corrected chi connectivity index (χ1v) is 6.28. The van der Waals surface area contributed by atoms with Crippen LogP contribution in [-0.4, -0.2) is 27.0 Å². The number of anilines is 2. The molecule has 120 valence electrons. The van der Waals surface area contributed by atoms with Crippen molar-refractivity contribution >= 4 is 22.8 Å². The zero-order valence-electron chi connectivity index (χ0n) is 11.6. The maximum absolute atomic E-state index is 13.2. The Hall–Kier alpha value is -2.91. The van der Waals surface area contributed by atoms with Gasteiger partial charge in [-0.15, -0.1) is 0 Å². The van der Waals surface area contributed by atoms with Crippen molar-refractivity contribution in [3.63, 3.8) is 0 Å². The van der Waals surface area contributed by atoms with Gasteiger partial charge >= 0.3 is 6.18 Å². The molecule has 0 saturated carbocycles. The second kappa shape index (κ2) is 5.38. The number of rotatable bonds is 3. The maximum atomic E-state index is 13.2. The molecular formula is C13H9F4N5O. The predicted molar refractivity (Wildman–Crippen MR) is 72.9 cm³/mol. The van der Waals surface area contributed by atoms with Gasteiger partial charge in [-0.3, -0.25) is 0 Å². The quantitative estimate of drug-likeness (QED) is 0.722. The van der Waals surface area contributed by atoms with E-state index < -0.39 is 17.8 Å². The number of fused-ring (bicyclic) bond motifs is 1. The molecule has 10 heteroatoms. The van der Waals surface area contributed by atoms with Gasteiger partial charge in [-0.05, 0) is 18.2 Å². The van der Waals surface area contributed by atoms with E-state index >= 15 is 0 Å². The van der Waals surface area contributed by atoms with Crippen molar-refractivity contribution in [1.82, 2.24) is 19.9 Å². The summed E-state index contributed by atoms with van der Waals surface area (Å²) in [5, 5.41) is 2.73. The molecule has 0 unspecified atom stereocenters. The number of H-pyrrole nitrogens is 1. The summed E-state index contributed by atoms with van der Waals surface area (Å²) in [6, 6.07) is 5.46. The predicted octanol–water partition coefficient (Wildman–Crippen LogP) is 3.26. The molecule has 6 nitrogen and oxygen atoms in total. The molecule has 0 aliphatic carbocycles. The fraction of sp³-hybridized carbons (Fsp3) is 0.154. The smallest absolute Gasteiger partial charge is 0.449 e. The average molecular weight is 327 g/mol. The Morgan fingerprint density at radius 1 is 1.17 bits per heavy atom. The topological polar surface area (TPSA) is 75.7 Å². The number of benzene rings is 1. The number of hydrogen-bond acceptors (Lipinski definition) is 5. The minimum Gasteiger partial charge on any atom is -0.478 e. The van der Waals surface area contributed by atoms with Crippen molar-refractivity contribution in [3.05, 3.63) is 35.9 Å². The van der Waals surface area contributed by atoms with Crippen LogP contribution < -0.4 is 10.1 Å². The third-order valence-electron chi connectivity index (χ3n) is 2.85. The highest BCUT2D eigenvalue weighted by Crippen LogP contribution is 2.30. The van der Waals surface area contributed by atoms with Crippen LogP contribution in [0.15, 0.2) is 24.3 Å². The zero-order valence-corrected chi connectivity index (χ0v) is 11.6. The Balaban J connectivity index is 2.05. The summed E-state index contributed by atoms with van der Waals surface area (Å²) in [4.78, 5) is 13.2. The monoisotopic (exact) mass is 327 g/mol. The van der Waals surface area contributed by atoms with Gasteiger partial charge in [0.15, 0.2) is 17.1 Å². The van der Waals surface area contributed by atoms with Crippen molar-refractivity contribution in [2.24, 2.45) is 0 Å². The number of nitrogens with zero attached hydrogens (tertiary/aromatic N) is 3. The van der Waals surface area contributed by atoms with E-state index in [0.29, 0.717) is 5.69 Å². The third kappa shape index (κ3) is 3.00. The number of aromatic nitrogens is 4. The summed E-state index contributed by atoms with van der Waals surface area (Å²) < 4.78 is 56.2. The third-order valence-corrected chi connectivity index (χ3v) is 2.85. The van der Waals surface area contributed by atoms with Crippen LogP contribution in [0.1, 0.15) is 5.82 Å². The second-order valence-corrected chi connectivity index (χ2v) is 4.47. The molecule has 0 aliphatic heterocycles. The lowest BCUT2D eigenvalue weighted by molar-refractivity contribution is -0.144. The highest BCUT2D eigenvalue weighted by atomic mass is 19.4. The normalized spacial score (nSPS) is 11.7. The molecule has 0 fully saturated rings. The summed E-state index contributed by atoms with van der Waals surface area (Å²) in [5.41, 5.74) is -0.0699. The number of hydrogen-bond donors (Lipinski definition) is 2. The number of ether oxygens (including phenoxy) is 1. The second-order valence-electron chi connectivity index (χ2n) is 4.47. The lowest BCUT2D eigenvalue weighted by Crippen LogP contribution is -2.06. The van der Waals surface area contributed by atoms with Crippen LogP contribution in [0.5, 0.6) is 5.88 Å². The lowest BCUT2D eigenvalue weighted by Gasteiger charge is -2.08. The highest BCUT2D eigenvalue weighted by Gasteiger charge is 2.35. The van der Waals surface area contributed by atoms with Crippen molar-refractivity contribution in [2.45, 2.75) is 6.18 Å². The summed E-state index contributed by atoms with van der Waals surface area (Å²) in [7, 11) is 1.29. The Labute approximate surface area is 126 Å². The van der Waals surface area contributed by atoms with Crippen LogP contribution in [0.3, 0.4) is 0 Å². The summed E-state index contributed by atoms with van der Waals surface area (Å²) in [6.07, 6.45) is -4.65. The molecule has 0 amide bonds. The minimum absolute atomic E-state index is 0.0193. The van der Waals surface area contributed by atoms with Gasteiger partial charge in [-0.2, -0.15) is 18.2 Å². The van der Waals surface area contributed by atoms with Crippen LogP contribution in [0, 0.1) is 5.82 Å². The molecule has 1 aromatic carbocycles. The largest absolute Gasteiger partial charge is 0.478 e. The van der Waals surface area contributed by atoms with Gasteiger partial charge in [0.2, 0.25) is 5.82 Å².